The third-order valence-corrected chi connectivity index (χ3v) is 12.7. The zero-order chi connectivity index (χ0) is 36.8. The van der Waals surface area contributed by atoms with E-state index in [0.29, 0.717) is 40.1 Å². The van der Waals surface area contributed by atoms with Crippen LogP contribution in [0.25, 0.3) is 11.1 Å². The minimum absolute atomic E-state index is 0.235. The first-order valence-electron chi connectivity index (χ1n) is 19.3. The van der Waals surface area contributed by atoms with Crippen molar-refractivity contribution in [2.75, 3.05) is 36.9 Å². The van der Waals surface area contributed by atoms with Crippen LogP contribution in [-0.4, -0.2) is 79.1 Å². The number of hydrogen-bond acceptors (Lipinski definition) is 7. The molecular formula is C41H51ClN8O3. The van der Waals surface area contributed by atoms with Crippen molar-refractivity contribution >= 4 is 34.8 Å². The fraction of sp³-hybridized carbons (Fsp3) is 0.512. The van der Waals surface area contributed by atoms with Gasteiger partial charge in [0.25, 0.3) is 11.8 Å². The van der Waals surface area contributed by atoms with Gasteiger partial charge in [0.2, 0.25) is 0 Å². The van der Waals surface area contributed by atoms with Gasteiger partial charge in [-0.2, -0.15) is 0 Å². The predicted molar refractivity (Wildman–Crippen MR) is 207 cm³/mol. The lowest BCUT2D eigenvalue weighted by molar-refractivity contribution is 0.0283. The Morgan fingerprint density at radius 3 is 1.83 bits per heavy atom. The van der Waals surface area contributed by atoms with Crippen molar-refractivity contribution in [1.82, 2.24) is 28.9 Å². The van der Waals surface area contributed by atoms with Crippen LogP contribution in [-0.2, 0) is 44.8 Å². The molecule has 53 heavy (non-hydrogen) atoms. The summed E-state index contributed by atoms with van der Waals surface area (Å²) in [5.74, 6) is 1.08. The van der Waals surface area contributed by atoms with Crippen molar-refractivity contribution in [3.8, 4) is 11.1 Å². The molecule has 2 N–H and O–H groups in total. The number of nitrogens with one attached hydrogen (secondary N) is 2. The number of amides is 2. The number of carbonyl (C=O) groups excluding carboxylic acids is 2. The van der Waals surface area contributed by atoms with Crippen molar-refractivity contribution in [3.05, 3.63) is 81.4 Å². The van der Waals surface area contributed by atoms with E-state index in [-0.39, 0.29) is 11.8 Å². The van der Waals surface area contributed by atoms with Gasteiger partial charge in [-0.25, -0.2) is 9.97 Å². The van der Waals surface area contributed by atoms with Crippen molar-refractivity contribution < 1.29 is 14.3 Å². The number of anilines is 2. The maximum Gasteiger partial charge on any atom is 0.291 e. The molecule has 0 spiro atoms. The normalized spacial score (nSPS) is 21.2. The van der Waals surface area contributed by atoms with Crippen molar-refractivity contribution in [1.29, 1.82) is 0 Å². The largest absolute Gasteiger partial charge is 0.381 e. The highest BCUT2D eigenvalue weighted by molar-refractivity contribution is 6.36. The molecule has 280 valence electrons. The van der Waals surface area contributed by atoms with Gasteiger partial charge in [0, 0.05) is 101 Å². The highest BCUT2D eigenvalue weighted by Gasteiger charge is 2.32. The maximum absolute atomic E-state index is 13.8. The lowest BCUT2D eigenvalue weighted by atomic mass is 9.86. The molecule has 0 unspecified atom stereocenters. The van der Waals surface area contributed by atoms with E-state index in [2.05, 4.69) is 27.4 Å². The summed E-state index contributed by atoms with van der Waals surface area (Å²) < 4.78 is 9.45. The van der Waals surface area contributed by atoms with Gasteiger partial charge in [-0.3, -0.25) is 19.4 Å². The average molecular weight is 739 g/mol. The smallest absolute Gasteiger partial charge is 0.291 e. The summed E-state index contributed by atoms with van der Waals surface area (Å²) in [5.41, 5.74) is 7.91. The molecule has 2 aromatic heterocycles. The van der Waals surface area contributed by atoms with Crippen LogP contribution in [0, 0.1) is 12.8 Å². The molecule has 12 heteroatoms. The van der Waals surface area contributed by atoms with Gasteiger partial charge in [-0.1, -0.05) is 42.8 Å². The fourth-order valence-electron chi connectivity index (χ4n) is 9.04. The van der Waals surface area contributed by atoms with Crippen molar-refractivity contribution in [3.63, 3.8) is 0 Å². The Kier molecular flexibility index (Phi) is 10.2. The number of aromatic nitrogens is 4. The highest BCUT2D eigenvalue weighted by Crippen LogP contribution is 2.38. The second kappa shape index (κ2) is 15.0. The van der Waals surface area contributed by atoms with Gasteiger partial charge in [0.15, 0.2) is 11.6 Å². The Balaban J connectivity index is 0.967. The van der Waals surface area contributed by atoms with E-state index in [9.17, 15) is 9.59 Å². The summed E-state index contributed by atoms with van der Waals surface area (Å²) in [6.45, 7) is 9.42. The standard InChI is InChI=1S/C41H51ClN8O3/c1-25-11-13-27(14-12-25)49-19-15-35-33(23-49)43-38(47(35)3)40(51)45-31-9-5-7-29(26(31)2)30-8-6-10-32(37(30)42)46-41(52)39-44-34-24-50(20-16-36(34)48(39)4)28-17-21-53-22-18-28/h5-10,25,27-28H,11-24H2,1-4H3,(H,45,51)(H,46,52). The van der Waals surface area contributed by atoms with Crippen LogP contribution in [0.3, 0.4) is 0 Å². The lowest BCUT2D eigenvalue weighted by Gasteiger charge is -2.38. The van der Waals surface area contributed by atoms with Crippen LogP contribution in [0.5, 0.6) is 0 Å². The molecule has 0 bridgehead atoms. The van der Waals surface area contributed by atoms with Gasteiger partial charge >= 0.3 is 0 Å². The van der Waals surface area contributed by atoms with Gasteiger partial charge < -0.3 is 24.5 Å². The monoisotopic (exact) mass is 738 g/mol. The topological polar surface area (TPSA) is 110 Å². The molecule has 3 aliphatic heterocycles. The Bertz CT molecular complexity index is 2020. The van der Waals surface area contributed by atoms with Crippen molar-refractivity contribution in [2.24, 2.45) is 20.0 Å². The molecule has 1 aliphatic carbocycles. The van der Waals surface area contributed by atoms with Crippen molar-refractivity contribution in [2.45, 2.75) is 90.4 Å². The van der Waals surface area contributed by atoms with E-state index >= 15 is 0 Å². The molecule has 0 atom stereocenters. The second-order valence-electron chi connectivity index (χ2n) is 15.5. The van der Waals surface area contributed by atoms with Gasteiger partial charge in [0.05, 0.1) is 22.1 Å². The van der Waals surface area contributed by atoms with Crippen LogP contribution in [0.4, 0.5) is 11.4 Å². The summed E-state index contributed by atoms with van der Waals surface area (Å²) in [4.78, 5) is 42.2. The zero-order valence-electron chi connectivity index (χ0n) is 31.4. The number of fused-ring (bicyclic) bond motifs is 2. The molecular weight excluding hydrogens is 688 g/mol. The average Bonchev–Trinajstić information content (AvgIpc) is 3.69. The van der Waals surface area contributed by atoms with Gasteiger partial charge in [-0.05, 0) is 74.6 Å². The first kappa shape index (κ1) is 36.0. The number of hydrogen-bond donors (Lipinski definition) is 2. The number of nitrogens with zero attached hydrogens (tertiary/aromatic N) is 6. The molecule has 2 amide bonds. The van der Waals surface area contributed by atoms with Crippen LogP contribution in [0.2, 0.25) is 5.02 Å². The minimum Gasteiger partial charge on any atom is -0.381 e. The molecule has 5 heterocycles. The Morgan fingerprint density at radius 1 is 0.736 bits per heavy atom. The Labute approximate surface area is 317 Å². The van der Waals surface area contributed by atoms with E-state index in [1.165, 1.54) is 25.7 Å². The summed E-state index contributed by atoms with van der Waals surface area (Å²) >= 11 is 7.04. The lowest BCUT2D eigenvalue weighted by Crippen LogP contribution is -2.42. The minimum atomic E-state index is -0.300. The third kappa shape index (κ3) is 7.04. The summed E-state index contributed by atoms with van der Waals surface area (Å²) in [7, 11) is 3.86. The maximum atomic E-state index is 13.8. The summed E-state index contributed by atoms with van der Waals surface area (Å²) in [6.07, 6.45) is 8.88. The fourth-order valence-corrected chi connectivity index (χ4v) is 9.31. The van der Waals surface area contributed by atoms with Crippen LogP contribution in [0.15, 0.2) is 36.4 Å². The molecule has 11 nitrogen and oxygen atoms in total. The number of halogens is 1. The van der Waals surface area contributed by atoms with Crippen LogP contribution in [0.1, 0.15) is 95.0 Å². The SMILES string of the molecule is Cc1c(NC(=O)c2nc3c(n2C)CCN(C2CCC(C)CC2)C3)cccc1-c1cccc(NC(=O)c2nc3c(n2C)CCN(C2CCOCC2)C3)c1Cl. The first-order valence-corrected chi connectivity index (χ1v) is 19.7. The highest BCUT2D eigenvalue weighted by atomic mass is 35.5. The summed E-state index contributed by atoms with van der Waals surface area (Å²) in [5, 5.41) is 6.60. The molecule has 2 aromatic carbocycles. The Morgan fingerprint density at radius 2 is 1.25 bits per heavy atom. The number of ether oxygens (including phenoxy) is 1. The number of carbonyl (C=O) groups is 2. The van der Waals surface area contributed by atoms with Crippen LogP contribution < -0.4 is 10.6 Å². The molecule has 8 rings (SSSR count). The molecule has 0 radical (unpaired) electrons. The second-order valence-corrected chi connectivity index (χ2v) is 15.9. The third-order valence-electron chi connectivity index (χ3n) is 12.3. The van der Waals surface area contributed by atoms with E-state index in [4.69, 9.17) is 26.3 Å². The number of imidazole rings is 2. The Hall–Kier alpha value is -4.03. The van der Waals surface area contributed by atoms with E-state index in [1.807, 2.05) is 60.5 Å². The van der Waals surface area contributed by atoms with Crippen LogP contribution >= 0.6 is 11.6 Å². The number of rotatable bonds is 7. The van der Waals surface area contributed by atoms with Gasteiger partial charge in [0.1, 0.15) is 0 Å². The number of benzene rings is 2. The molecule has 1 saturated carbocycles. The predicted octanol–water partition coefficient (Wildman–Crippen LogP) is 6.76. The van der Waals surface area contributed by atoms with E-state index < -0.39 is 0 Å². The van der Waals surface area contributed by atoms with E-state index in [1.54, 1.807) is 6.07 Å². The molecule has 2 fully saturated rings. The molecule has 1 saturated heterocycles. The quantitative estimate of drug-likeness (QED) is 0.216. The molecule has 4 aliphatic rings. The zero-order valence-corrected chi connectivity index (χ0v) is 32.1. The van der Waals surface area contributed by atoms with E-state index in [0.717, 1.165) is 110 Å². The molecule has 4 aromatic rings. The van der Waals surface area contributed by atoms with Gasteiger partial charge in [-0.15, -0.1) is 0 Å². The summed E-state index contributed by atoms with van der Waals surface area (Å²) in [6, 6.07) is 12.5. The first-order chi connectivity index (χ1) is 25.7.